The summed E-state index contributed by atoms with van der Waals surface area (Å²) in [5.74, 6) is -0.0856. The van der Waals surface area contributed by atoms with E-state index < -0.39 is 10.0 Å². The van der Waals surface area contributed by atoms with Gasteiger partial charge < -0.3 is 4.90 Å². The van der Waals surface area contributed by atoms with Crippen molar-refractivity contribution in [1.82, 2.24) is 9.62 Å². The number of rotatable bonds is 5. The molecule has 136 valence electrons. The van der Waals surface area contributed by atoms with Crippen LogP contribution in [0.25, 0.3) is 0 Å². The molecule has 1 fully saturated rings. The minimum Gasteiger partial charge on any atom is -0.339 e. The lowest BCUT2D eigenvalue weighted by atomic mass is 9.95. The van der Waals surface area contributed by atoms with Crippen LogP contribution in [0.3, 0.4) is 0 Å². The summed E-state index contributed by atoms with van der Waals surface area (Å²) in [7, 11) is -3.65. The molecule has 0 saturated carbocycles. The summed E-state index contributed by atoms with van der Waals surface area (Å²) in [6, 6.07) is 6.15. The van der Waals surface area contributed by atoms with Gasteiger partial charge >= 0.3 is 0 Å². The molecule has 0 bridgehead atoms. The van der Waals surface area contributed by atoms with Gasteiger partial charge in [0.15, 0.2) is 0 Å². The van der Waals surface area contributed by atoms with Crippen LogP contribution in [0.5, 0.6) is 0 Å². The molecule has 1 aliphatic carbocycles. The average Bonchev–Trinajstić information content (AvgIpc) is 3.16. The number of carbonyl (C=O) groups is 1. The number of allylic oxidation sites excluding steroid dienone is 1. The predicted molar refractivity (Wildman–Crippen MR) is 97.9 cm³/mol. The van der Waals surface area contributed by atoms with Crippen LogP contribution in [0.2, 0.25) is 0 Å². The van der Waals surface area contributed by atoms with E-state index in [9.17, 15) is 13.2 Å². The maximum absolute atomic E-state index is 12.7. The van der Waals surface area contributed by atoms with Crippen molar-refractivity contribution < 1.29 is 13.2 Å². The summed E-state index contributed by atoms with van der Waals surface area (Å²) < 4.78 is 28.2. The highest BCUT2D eigenvalue weighted by molar-refractivity contribution is 7.89. The maximum Gasteiger partial charge on any atom is 0.253 e. The Labute approximate surface area is 150 Å². The Morgan fingerprint density at radius 2 is 1.92 bits per heavy atom. The van der Waals surface area contributed by atoms with Crippen LogP contribution >= 0.6 is 0 Å². The first-order valence-corrected chi connectivity index (χ1v) is 10.6. The monoisotopic (exact) mass is 362 g/mol. The van der Waals surface area contributed by atoms with Gasteiger partial charge in [0.1, 0.15) is 0 Å². The molecule has 1 heterocycles. The Morgan fingerprint density at radius 1 is 1.16 bits per heavy atom. The van der Waals surface area contributed by atoms with E-state index in [0.717, 1.165) is 50.8 Å². The van der Waals surface area contributed by atoms with E-state index in [1.54, 1.807) is 23.1 Å². The third-order valence-electron chi connectivity index (χ3n) is 5.00. The van der Waals surface area contributed by atoms with Crippen molar-refractivity contribution in [3.63, 3.8) is 0 Å². The molecule has 0 radical (unpaired) electrons. The number of sulfonamides is 1. The Balaban J connectivity index is 1.76. The second kappa shape index (κ2) is 7.70. The van der Waals surface area contributed by atoms with E-state index in [-0.39, 0.29) is 16.8 Å². The van der Waals surface area contributed by atoms with Crippen molar-refractivity contribution in [2.75, 3.05) is 13.1 Å². The van der Waals surface area contributed by atoms with Crippen molar-refractivity contribution in [2.45, 2.75) is 56.4 Å². The molecule has 25 heavy (non-hydrogen) atoms. The van der Waals surface area contributed by atoms with Gasteiger partial charge in [-0.15, -0.1) is 0 Å². The molecule has 5 nitrogen and oxygen atoms in total. The van der Waals surface area contributed by atoms with Gasteiger partial charge in [-0.3, -0.25) is 4.79 Å². The lowest BCUT2D eigenvalue weighted by Gasteiger charge is -2.21. The highest BCUT2D eigenvalue weighted by Crippen LogP contribution is 2.22. The van der Waals surface area contributed by atoms with Crippen molar-refractivity contribution in [3.8, 4) is 0 Å². The van der Waals surface area contributed by atoms with Crippen LogP contribution in [-0.4, -0.2) is 38.4 Å². The van der Waals surface area contributed by atoms with Gasteiger partial charge in [0, 0.05) is 24.7 Å². The van der Waals surface area contributed by atoms with E-state index in [0.29, 0.717) is 5.56 Å². The summed E-state index contributed by atoms with van der Waals surface area (Å²) in [5.41, 5.74) is 1.59. The molecule has 6 heteroatoms. The van der Waals surface area contributed by atoms with Crippen molar-refractivity contribution in [3.05, 3.63) is 41.5 Å². The minimum atomic E-state index is -3.65. The molecule has 1 saturated heterocycles. The summed E-state index contributed by atoms with van der Waals surface area (Å²) in [6.45, 7) is 3.38. The summed E-state index contributed by atoms with van der Waals surface area (Å²) in [6.07, 6.45) is 8.40. The van der Waals surface area contributed by atoms with Crippen LogP contribution in [0.4, 0.5) is 0 Å². The van der Waals surface area contributed by atoms with Crippen LogP contribution in [0, 0.1) is 0 Å². The highest BCUT2D eigenvalue weighted by atomic mass is 32.2. The normalized spacial score (nSPS) is 19.6. The third-order valence-corrected chi connectivity index (χ3v) is 6.54. The van der Waals surface area contributed by atoms with Crippen LogP contribution in [0.15, 0.2) is 40.8 Å². The number of likely N-dealkylation sites (tertiary alicyclic amines) is 1. The van der Waals surface area contributed by atoms with E-state index >= 15 is 0 Å². The molecule has 0 unspecified atom stereocenters. The summed E-state index contributed by atoms with van der Waals surface area (Å²) in [5, 5.41) is 0. The molecule has 1 amide bonds. The average molecular weight is 362 g/mol. The van der Waals surface area contributed by atoms with Crippen molar-refractivity contribution in [1.29, 1.82) is 0 Å². The highest BCUT2D eigenvalue weighted by Gasteiger charge is 2.23. The molecular formula is C19H26N2O3S. The molecule has 3 rings (SSSR count). The second-order valence-corrected chi connectivity index (χ2v) is 8.61. The predicted octanol–water partition coefficient (Wildman–Crippen LogP) is 3.09. The smallest absolute Gasteiger partial charge is 0.253 e. The van der Waals surface area contributed by atoms with Crippen LogP contribution in [-0.2, 0) is 10.0 Å². The Morgan fingerprint density at radius 3 is 2.60 bits per heavy atom. The van der Waals surface area contributed by atoms with Gasteiger partial charge in [-0.2, -0.15) is 0 Å². The van der Waals surface area contributed by atoms with Crippen LogP contribution in [0.1, 0.15) is 55.8 Å². The first kappa shape index (κ1) is 18.1. The van der Waals surface area contributed by atoms with Crippen molar-refractivity contribution >= 4 is 15.9 Å². The topological polar surface area (TPSA) is 66.5 Å². The number of nitrogens with one attached hydrogen (secondary N) is 1. The fraction of sp³-hybridized carbons (Fsp3) is 0.526. The number of hydrogen-bond donors (Lipinski definition) is 1. The SMILES string of the molecule is C[C@@H](NS(=O)(=O)c1cccc(C(=O)N2CCCC2)c1)C1=CCCCC1. The number of carbonyl (C=O) groups excluding carboxylic acids is 1. The zero-order valence-electron chi connectivity index (χ0n) is 14.7. The van der Waals surface area contributed by atoms with Gasteiger partial charge in [-0.1, -0.05) is 17.7 Å². The fourth-order valence-electron chi connectivity index (χ4n) is 3.53. The van der Waals surface area contributed by atoms with Gasteiger partial charge in [0.05, 0.1) is 4.90 Å². The molecule has 1 aliphatic heterocycles. The van der Waals surface area contributed by atoms with E-state index in [1.165, 1.54) is 12.5 Å². The molecule has 1 N–H and O–H groups in total. The van der Waals surface area contributed by atoms with E-state index in [1.807, 2.05) is 6.92 Å². The molecule has 0 aromatic heterocycles. The maximum atomic E-state index is 12.7. The first-order valence-electron chi connectivity index (χ1n) is 9.08. The Bertz CT molecular complexity index is 765. The van der Waals surface area contributed by atoms with Gasteiger partial charge in [0.25, 0.3) is 5.91 Å². The van der Waals surface area contributed by atoms with Crippen molar-refractivity contribution in [2.24, 2.45) is 0 Å². The van der Waals surface area contributed by atoms with Gasteiger partial charge in [-0.05, 0) is 63.6 Å². The fourth-order valence-corrected chi connectivity index (χ4v) is 4.82. The van der Waals surface area contributed by atoms with Gasteiger partial charge in [0.2, 0.25) is 10.0 Å². The largest absolute Gasteiger partial charge is 0.339 e. The van der Waals surface area contributed by atoms with Crippen LogP contribution < -0.4 is 4.72 Å². The minimum absolute atomic E-state index is 0.0856. The zero-order chi connectivity index (χ0) is 17.9. The number of benzene rings is 1. The molecular weight excluding hydrogens is 336 g/mol. The quantitative estimate of drug-likeness (QED) is 0.819. The number of hydrogen-bond acceptors (Lipinski definition) is 3. The second-order valence-electron chi connectivity index (χ2n) is 6.89. The summed E-state index contributed by atoms with van der Waals surface area (Å²) in [4.78, 5) is 14.4. The van der Waals surface area contributed by atoms with Gasteiger partial charge in [-0.25, -0.2) is 13.1 Å². The lowest BCUT2D eigenvalue weighted by Crippen LogP contribution is -2.34. The standard InChI is InChI=1S/C19H26N2O3S/c1-15(16-8-3-2-4-9-16)20-25(23,24)18-11-7-10-17(14-18)19(22)21-12-5-6-13-21/h7-8,10-11,14-15,20H,2-6,9,12-13H2,1H3/t15-/m1/s1. The number of amides is 1. The third kappa shape index (κ3) is 4.30. The van der Waals surface area contributed by atoms with E-state index in [2.05, 4.69) is 10.8 Å². The molecule has 1 aromatic rings. The zero-order valence-corrected chi connectivity index (χ0v) is 15.5. The first-order chi connectivity index (χ1) is 12.0. The Kier molecular flexibility index (Phi) is 5.59. The molecule has 0 spiro atoms. The molecule has 2 aliphatic rings. The number of nitrogens with zero attached hydrogens (tertiary/aromatic N) is 1. The lowest BCUT2D eigenvalue weighted by molar-refractivity contribution is 0.0792. The molecule has 1 aromatic carbocycles. The Hall–Kier alpha value is -1.66. The van der Waals surface area contributed by atoms with E-state index in [4.69, 9.17) is 0 Å². The molecule has 1 atom stereocenters. The summed E-state index contributed by atoms with van der Waals surface area (Å²) >= 11 is 0.